The Morgan fingerprint density at radius 3 is 2.94 bits per heavy atom. The average Bonchev–Trinajstić information content (AvgIpc) is 2.39. The first-order chi connectivity index (χ1) is 8.33. The first-order valence-electron chi connectivity index (χ1n) is 6.50. The molecule has 2 rings (SSSR count). The van der Waals surface area contributed by atoms with Crippen molar-refractivity contribution >= 4 is 0 Å². The van der Waals surface area contributed by atoms with Crippen LogP contribution in [0.2, 0.25) is 0 Å². The predicted octanol–water partition coefficient (Wildman–Crippen LogP) is 2.28. The van der Waals surface area contributed by atoms with Gasteiger partial charge in [-0.05, 0) is 25.2 Å². The summed E-state index contributed by atoms with van der Waals surface area (Å²) in [4.78, 5) is 8.42. The van der Waals surface area contributed by atoms with Crippen LogP contribution in [0.4, 0.5) is 0 Å². The van der Waals surface area contributed by atoms with Crippen molar-refractivity contribution in [1.29, 1.82) is 0 Å². The highest BCUT2D eigenvalue weighted by Gasteiger charge is 2.23. The Morgan fingerprint density at radius 2 is 2.18 bits per heavy atom. The lowest BCUT2D eigenvalue weighted by molar-refractivity contribution is 0.115. The molecular weight excluding hydrogens is 214 g/mol. The summed E-state index contributed by atoms with van der Waals surface area (Å²) in [5, 5.41) is 0. The Hall–Kier alpha value is -1.16. The molecule has 2 atom stereocenters. The molecule has 0 aliphatic heterocycles. The lowest BCUT2D eigenvalue weighted by Gasteiger charge is -2.28. The molecule has 17 heavy (non-hydrogen) atoms. The van der Waals surface area contributed by atoms with E-state index in [1.807, 2.05) is 0 Å². The number of nitrogens with zero attached hydrogens (tertiary/aromatic N) is 2. The largest absolute Gasteiger partial charge is 0.473 e. The van der Waals surface area contributed by atoms with E-state index in [1.165, 1.54) is 19.3 Å². The Labute approximate surface area is 103 Å². The maximum Gasteiger partial charge on any atom is 0.237 e. The standard InChI is InChI=1S/C13H21N3O/c1-2-10-4-3-5-11(8-10)17-13-12(9-14)15-6-7-16-13/h6-7,10-11H,2-5,8-9,14H2,1H3. The van der Waals surface area contributed by atoms with Gasteiger partial charge in [0.15, 0.2) is 0 Å². The summed E-state index contributed by atoms with van der Waals surface area (Å²) in [5.41, 5.74) is 6.38. The van der Waals surface area contributed by atoms with Gasteiger partial charge in [-0.15, -0.1) is 0 Å². The summed E-state index contributed by atoms with van der Waals surface area (Å²) < 4.78 is 5.96. The van der Waals surface area contributed by atoms with Crippen molar-refractivity contribution in [3.63, 3.8) is 0 Å². The van der Waals surface area contributed by atoms with E-state index in [-0.39, 0.29) is 6.10 Å². The van der Waals surface area contributed by atoms with Gasteiger partial charge < -0.3 is 10.5 Å². The number of aromatic nitrogens is 2. The van der Waals surface area contributed by atoms with Gasteiger partial charge in [0.2, 0.25) is 5.88 Å². The van der Waals surface area contributed by atoms with Crippen LogP contribution in [-0.4, -0.2) is 16.1 Å². The van der Waals surface area contributed by atoms with E-state index < -0.39 is 0 Å². The Morgan fingerprint density at radius 1 is 1.35 bits per heavy atom. The molecule has 1 aromatic rings. The number of rotatable bonds is 4. The average molecular weight is 235 g/mol. The van der Waals surface area contributed by atoms with Crippen molar-refractivity contribution in [3.8, 4) is 5.88 Å². The molecule has 0 spiro atoms. The lowest BCUT2D eigenvalue weighted by Crippen LogP contribution is -2.26. The molecule has 1 aliphatic rings. The number of nitrogens with two attached hydrogens (primary N) is 1. The first-order valence-corrected chi connectivity index (χ1v) is 6.50. The molecule has 2 unspecified atom stereocenters. The molecule has 1 fully saturated rings. The second-order valence-corrected chi connectivity index (χ2v) is 4.69. The van der Waals surface area contributed by atoms with Crippen molar-refractivity contribution in [2.75, 3.05) is 0 Å². The van der Waals surface area contributed by atoms with Gasteiger partial charge in [0, 0.05) is 18.9 Å². The summed E-state index contributed by atoms with van der Waals surface area (Å²) in [6.45, 7) is 2.63. The number of ether oxygens (including phenoxy) is 1. The van der Waals surface area contributed by atoms with Crippen molar-refractivity contribution in [2.24, 2.45) is 11.7 Å². The summed E-state index contributed by atoms with van der Waals surface area (Å²) in [5.74, 6) is 1.42. The van der Waals surface area contributed by atoms with E-state index in [1.54, 1.807) is 12.4 Å². The second kappa shape index (κ2) is 5.96. The molecule has 2 N–H and O–H groups in total. The summed E-state index contributed by atoms with van der Waals surface area (Å²) in [6.07, 6.45) is 9.69. The van der Waals surface area contributed by atoms with Crippen LogP contribution in [0.25, 0.3) is 0 Å². The summed E-state index contributed by atoms with van der Waals surface area (Å²) in [7, 11) is 0. The van der Waals surface area contributed by atoms with E-state index in [2.05, 4.69) is 16.9 Å². The van der Waals surface area contributed by atoms with E-state index >= 15 is 0 Å². The molecule has 0 bridgehead atoms. The molecule has 0 amide bonds. The van der Waals surface area contributed by atoms with E-state index in [4.69, 9.17) is 10.5 Å². The van der Waals surface area contributed by atoms with Crippen LogP contribution in [0.1, 0.15) is 44.7 Å². The minimum absolute atomic E-state index is 0.288. The molecule has 4 nitrogen and oxygen atoms in total. The zero-order valence-corrected chi connectivity index (χ0v) is 10.4. The van der Waals surface area contributed by atoms with Crippen LogP contribution in [0.5, 0.6) is 5.88 Å². The maximum atomic E-state index is 5.96. The van der Waals surface area contributed by atoms with Crippen molar-refractivity contribution < 1.29 is 4.74 Å². The fourth-order valence-electron chi connectivity index (χ4n) is 2.47. The van der Waals surface area contributed by atoms with Crippen LogP contribution in [0.15, 0.2) is 12.4 Å². The summed E-state index contributed by atoms with van der Waals surface area (Å²) in [6, 6.07) is 0. The molecule has 0 aromatic carbocycles. The zero-order valence-electron chi connectivity index (χ0n) is 10.4. The third-order valence-corrected chi connectivity index (χ3v) is 3.52. The highest BCUT2D eigenvalue weighted by Crippen LogP contribution is 2.29. The van der Waals surface area contributed by atoms with Crippen LogP contribution in [-0.2, 0) is 6.54 Å². The van der Waals surface area contributed by atoms with Gasteiger partial charge in [-0.2, -0.15) is 0 Å². The SMILES string of the molecule is CCC1CCCC(Oc2nccnc2CN)C1. The summed E-state index contributed by atoms with van der Waals surface area (Å²) >= 11 is 0. The number of hydrogen-bond acceptors (Lipinski definition) is 4. The zero-order chi connectivity index (χ0) is 12.1. The molecule has 1 saturated carbocycles. The molecule has 1 aliphatic carbocycles. The molecule has 0 saturated heterocycles. The Balaban J connectivity index is 2.00. The maximum absolute atomic E-state index is 5.96. The highest BCUT2D eigenvalue weighted by atomic mass is 16.5. The van der Waals surface area contributed by atoms with Gasteiger partial charge in [0.25, 0.3) is 0 Å². The smallest absolute Gasteiger partial charge is 0.237 e. The number of hydrogen-bond donors (Lipinski definition) is 1. The van der Waals surface area contributed by atoms with Crippen molar-refractivity contribution in [2.45, 2.75) is 51.7 Å². The molecule has 94 valence electrons. The second-order valence-electron chi connectivity index (χ2n) is 4.69. The third-order valence-electron chi connectivity index (χ3n) is 3.52. The van der Waals surface area contributed by atoms with Gasteiger partial charge >= 0.3 is 0 Å². The molecule has 1 aromatic heterocycles. The minimum Gasteiger partial charge on any atom is -0.473 e. The van der Waals surface area contributed by atoms with E-state index in [0.29, 0.717) is 12.4 Å². The monoisotopic (exact) mass is 235 g/mol. The van der Waals surface area contributed by atoms with Gasteiger partial charge in [0.05, 0.1) is 0 Å². The quantitative estimate of drug-likeness (QED) is 0.869. The molecule has 4 heteroatoms. The minimum atomic E-state index is 0.288. The molecular formula is C13H21N3O. The van der Waals surface area contributed by atoms with Gasteiger partial charge in [-0.25, -0.2) is 4.98 Å². The molecule has 0 radical (unpaired) electrons. The van der Waals surface area contributed by atoms with Crippen molar-refractivity contribution in [1.82, 2.24) is 9.97 Å². The topological polar surface area (TPSA) is 61.0 Å². The van der Waals surface area contributed by atoms with Gasteiger partial charge in [-0.1, -0.05) is 19.8 Å². The Bertz CT molecular complexity index is 356. The van der Waals surface area contributed by atoms with Gasteiger partial charge in [-0.3, -0.25) is 4.98 Å². The normalized spacial score (nSPS) is 24.6. The van der Waals surface area contributed by atoms with Crippen LogP contribution in [0, 0.1) is 5.92 Å². The predicted molar refractivity (Wildman–Crippen MR) is 66.6 cm³/mol. The fourth-order valence-corrected chi connectivity index (χ4v) is 2.47. The van der Waals surface area contributed by atoms with E-state index in [0.717, 1.165) is 24.5 Å². The first kappa shape index (κ1) is 12.3. The van der Waals surface area contributed by atoms with E-state index in [9.17, 15) is 0 Å². The van der Waals surface area contributed by atoms with Crippen LogP contribution >= 0.6 is 0 Å². The van der Waals surface area contributed by atoms with Crippen molar-refractivity contribution in [3.05, 3.63) is 18.1 Å². The third kappa shape index (κ3) is 3.16. The van der Waals surface area contributed by atoms with Crippen LogP contribution in [0.3, 0.4) is 0 Å². The highest BCUT2D eigenvalue weighted by molar-refractivity contribution is 5.17. The van der Waals surface area contributed by atoms with Crippen LogP contribution < -0.4 is 10.5 Å². The lowest BCUT2D eigenvalue weighted by atomic mass is 9.85. The van der Waals surface area contributed by atoms with Gasteiger partial charge in [0.1, 0.15) is 11.8 Å². The molecule has 1 heterocycles. The Kier molecular flexibility index (Phi) is 4.31. The fraction of sp³-hybridized carbons (Fsp3) is 0.692.